The summed E-state index contributed by atoms with van der Waals surface area (Å²) in [6.45, 7) is 0. The van der Waals surface area contributed by atoms with Crippen LogP contribution in [-0.2, 0) is 36.4 Å². The van der Waals surface area contributed by atoms with Crippen molar-refractivity contribution < 1.29 is 204 Å². The van der Waals surface area contributed by atoms with Crippen molar-refractivity contribution >= 4 is 31.3 Å². The van der Waals surface area contributed by atoms with Crippen LogP contribution in [0.15, 0.2) is 0 Å². The van der Waals surface area contributed by atoms with Gasteiger partial charge in [0.1, 0.15) is 36.6 Å². The molecule has 18 nitrogen and oxygen atoms in total. The summed E-state index contributed by atoms with van der Waals surface area (Å²) in [5.41, 5.74) is 0. The number of phosphoric ester groups is 4. The summed E-state index contributed by atoms with van der Waals surface area (Å²) in [5, 5.41) is 19.7. The molecule has 26 heteroatoms. The monoisotopic (exact) mass is 588 g/mol. The Morgan fingerprint density at radius 1 is 0.469 bits per heavy atom. The van der Waals surface area contributed by atoms with Gasteiger partial charge in [-0.25, -0.2) is 0 Å². The molecule has 0 saturated heterocycles. The molecule has 32 heavy (non-hydrogen) atoms. The zero-order valence-electron chi connectivity index (χ0n) is 16.8. The first-order valence-electron chi connectivity index (χ1n) is 6.45. The fourth-order valence-electron chi connectivity index (χ4n) is 2.25. The van der Waals surface area contributed by atoms with Gasteiger partial charge in [0.2, 0.25) is 0 Å². The minimum atomic E-state index is -5.98. The summed E-state index contributed by atoms with van der Waals surface area (Å²) < 4.78 is 59.3. The van der Waals surface area contributed by atoms with Gasteiger partial charge in [-0.1, -0.05) is 0 Å². The van der Waals surface area contributed by atoms with Crippen molar-refractivity contribution in [2.75, 3.05) is 0 Å². The summed E-state index contributed by atoms with van der Waals surface area (Å²) in [7, 11) is -23.7. The molecule has 1 saturated carbocycles. The summed E-state index contributed by atoms with van der Waals surface area (Å²) in [6, 6.07) is 0. The molecule has 10 atom stereocenters. The first-order valence-corrected chi connectivity index (χ1v) is 12.4. The second-order valence-corrected chi connectivity index (χ2v) is 9.73. The molecule has 1 fully saturated rings. The maximum absolute atomic E-state index is 11.0. The SMILES string of the molecule is O=P([O-])(O)O[C@@H]1[C@H](OP(=O)([O-])O)[C@@H](OP(=O)([O-])O)[C@H](O)[C@@H](O)[C@@H]1OP(=O)([O-])O.[Na+].[Na+].[Na+].[Na+]. The van der Waals surface area contributed by atoms with Crippen LogP contribution in [0.1, 0.15) is 0 Å². The van der Waals surface area contributed by atoms with Gasteiger partial charge in [0, 0.05) is 0 Å². The number of aliphatic hydroxyl groups is 2. The van der Waals surface area contributed by atoms with E-state index in [0.717, 1.165) is 0 Å². The Morgan fingerprint density at radius 3 is 0.781 bits per heavy atom. The normalized spacial score (nSPS) is 34.9. The van der Waals surface area contributed by atoms with Crippen molar-refractivity contribution in [1.82, 2.24) is 0 Å². The molecule has 0 radical (unpaired) electrons. The van der Waals surface area contributed by atoms with Crippen molar-refractivity contribution in [3.8, 4) is 0 Å². The number of hydrogen-bond acceptors (Lipinski definition) is 14. The Kier molecular flexibility index (Phi) is 22.3. The minimum Gasteiger partial charge on any atom is -0.756 e. The molecule has 0 aromatic carbocycles. The fraction of sp³-hybridized carbons (Fsp3) is 1.00. The molecule has 0 amide bonds. The standard InChI is InChI=1S/C6H16O18P4.4Na/c7-1-2(8)4(22-26(12,13)14)6(24-28(18,19)20)5(23-27(15,16)17)3(1)21-25(9,10)11;;;;/h1-8H,(H2,9,10,11)(H2,12,13,14)(H2,15,16,17)(H2,18,19,20);;;;/q;4*+1/p-4/t1-,2-,3+,4+,5-,6+;;;;/m1..../s1. The van der Waals surface area contributed by atoms with Crippen LogP contribution < -0.4 is 138 Å². The fourth-order valence-corrected chi connectivity index (χ4v) is 4.45. The number of rotatable bonds is 8. The zero-order chi connectivity index (χ0) is 22.3. The van der Waals surface area contributed by atoms with Crippen LogP contribution in [0, 0.1) is 0 Å². The van der Waals surface area contributed by atoms with Gasteiger partial charge in [0.25, 0.3) is 31.3 Å². The van der Waals surface area contributed by atoms with Crippen LogP contribution in [0.25, 0.3) is 0 Å². The van der Waals surface area contributed by atoms with E-state index in [9.17, 15) is 48.0 Å². The molecule has 168 valence electrons. The van der Waals surface area contributed by atoms with Gasteiger partial charge in [-0.15, -0.1) is 0 Å². The molecular weight excluding hydrogens is 576 g/mol. The third kappa shape index (κ3) is 16.4. The summed E-state index contributed by atoms with van der Waals surface area (Å²) in [5.74, 6) is 0. The van der Waals surface area contributed by atoms with E-state index in [1.165, 1.54) is 0 Å². The van der Waals surface area contributed by atoms with Crippen LogP contribution >= 0.6 is 31.3 Å². The van der Waals surface area contributed by atoms with E-state index < -0.39 is 67.9 Å². The average Bonchev–Trinajstić information content (AvgIpc) is 2.39. The molecular formula is C6H12Na4O18P4. The molecule has 0 aromatic rings. The number of phosphoric acid groups is 4. The third-order valence-corrected chi connectivity index (χ3v) is 5.05. The molecule has 0 heterocycles. The summed E-state index contributed by atoms with van der Waals surface area (Å²) in [4.78, 5) is 78.7. The van der Waals surface area contributed by atoms with E-state index >= 15 is 0 Å². The maximum Gasteiger partial charge on any atom is 1.00 e. The number of aliphatic hydroxyl groups excluding tert-OH is 2. The molecule has 1 aliphatic rings. The van der Waals surface area contributed by atoms with Crippen molar-refractivity contribution in [1.29, 1.82) is 0 Å². The van der Waals surface area contributed by atoms with Crippen LogP contribution in [0.3, 0.4) is 0 Å². The van der Waals surface area contributed by atoms with Crippen LogP contribution in [-0.4, -0.2) is 66.4 Å². The number of hydrogen-bond donors (Lipinski definition) is 6. The maximum atomic E-state index is 11.0. The zero-order valence-corrected chi connectivity index (χ0v) is 28.4. The van der Waals surface area contributed by atoms with Gasteiger partial charge in [0.15, 0.2) is 0 Å². The Balaban J connectivity index is -0.000000980. The summed E-state index contributed by atoms with van der Waals surface area (Å²) >= 11 is 0. The van der Waals surface area contributed by atoms with E-state index in [1.807, 2.05) is 0 Å². The van der Waals surface area contributed by atoms with Gasteiger partial charge in [-0.2, -0.15) is 0 Å². The van der Waals surface area contributed by atoms with Crippen molar-refractivity contribution in [3.63, 3.8) is 0 Å². The van der Waals surface area contributed by atoms with Crippen LogP contribution in [0.2, 0.25) is 0 Å². The van der Waals surface area contributed by atoms with Gasteiger partial charge >= 0.3 is 118 Å². The third-order valence-electron chi connectivity index (χ3n) is 3.01. The minimum absolute atomic E-state index is 0. The van der Waals surface area contributed by atoms with E-state index in [0.29, 0.717) is 0 Å². The van der Waals surface area contributed by atoms with E-state index in [4.69, 9.17) is 19.6 Å². The van der Waals surface area contributed by atoms with Gasteiger partial charge in [0.05, 0.1) is 0 Å². The smallest absolute Gasteiger partial charge is 0.756 e. The van der Waals surface area contributed by atoms with Gasteiger partial charge in [-0.05, 0) is 0 Å². The van der Waals surface area contributed by atoms with Gasteiger partial charge < -0.3 is 67.5 Å². The van der Waals surface area contributed by atoms with Crippen molar-refractivity contribution in [2.24, 2.45) is 0 Å². The summed E-state index contributed by atoms with van der Waals surface area (Å²) in [6.07, 6.45) is -16.7. The Morgan fingerprint density at radius 2 is 0.625 bits per heavy atom. The predicted octanol–water partition coefficient (Wildman–Crippen LogP) is -17.9. The largest absolute Gasteiger partial charge is 1.00 e. The van der Waals surface area contributed by atoms with E-state index in [1.54, 1.807) is 0 Å². The van der Waals surface area contributed by atoms with E-state index in [-0.39, 0.29) is 118 Å². The Hall–Kier alpha value is 4.36. The first-order chi connectivity index (χ1) is 12.2. The molecule has 1 rings (SSSR count). The Labute approximate surface area is 268 Å². The van der Waals surface area contributed by atoms with Crippen molar-refractivity contribution in [2.45, 2.75) is 36.6 Å². The molecule has 0 aromatic heterocycles. The van der Waals surface area contributed by atoms with Crippen LogP contribution in [0.4, 0.5) is 0 Å². The van der Waals surface area contributed by atoms with Crippen molar-refractivity contribution in [3.05, 3.63) is 0 Å². The molecule has 0 aliphatic heterocycles. The Bertz CT molecular complexity index is 682. The van der Waals surface area contributed by atoms with Crippen LogP contribution in [0.5, 0.6) is 0 Å². The van der Waals surface area contributed by atoms with Gasteiger partial charge in [-0.3, -0.25) is 18.3 Å². The molecule has 0 bridgehead atoms. The molecule has 0 spiro atoms. The second kappa shape index (κ2) is 16.5. The second-order valence-electron chi connectivity index (χ2n) is 5.14. The average molecular weight is 588 g/mol. The molecule has 1 aliphatic carbocycles. The topological polar surface area (TPSA) is 319 Å². The molecule has 6 N–H and O–H groups in total. The van der Waals surface area contributed by atoms with E-state index in [2.05, 4.69) is 18.1 Å². The first kappa shape index (κ1) is 43.4. The predicted molar refractivity (Wildman–Crippen MR) is 70.8 cm³/mol. The molecule has 4 unspecified atom stereocenters. The quantitative estimate of drug-likeness (QED) is 0.113.